The Balaban J connectivity index is 2.73. The molecule has 0 saturated carbocycles. The molecular formula is C11H14FNO2. The maximum Gasteiger partial charge on any atom is 0.254 e. The van der Waals surface area contributed by atoms with E-state index in [0.29, 0.717) is 18.5 Å². The molecule has 3 nitrogen and oxygen atoms in total. The number of carbonyl (C=O) groups excluding carboxylic acids is 1. The first-order valence-electron chi connectivity index (χ1n) is 4.81. The molecule has 0 aromatic heterocycles. The minimum absolute atomic E-state index is 0.0105. The highest BCUT2D eigenvalue weighted by Gasteiger charge is 2.13. The quantitative estimate of drug-likeness (QED) is 0.736. The van der Waals surface area contributed by atoms with Crippen LogP contribution in [0.2, 0.25) is 0 Å². The number of halogens is 1. The fourth-order valence-electron chi connectivity index (χ4n) is 1.29. The molecular weight excluding hydrogens is 197 g/mol. The van der Waals surface area contributed by atoms with Gasteiger partial charge in [0.05, 0.1) is 5.56 Å². The van der Waals surface area contributed by atoms with Crippen LogP contribution in [0.15, 0.2) is 18.2 Å². The van der Waals surface area contributed by atoms with Crippen LogP contribution in [-0.2, 0) is 0 Å². The van der Waals surface area contributed by atoms with Crippen molar-refractivity contribution >= 4 is 5.91 Å². The Labute approximate surface area is 87.9 Å². The van der Waals surface area contributed by atoms with E-state index >= 15 is 0 Å². The Kier molecular flexibility index (Phi) is 4.24. The van der Waals surface area contributed by atoms with Crippen LogP contribution >= 0.6 is 0 Å². The van der Waals surface area contributed by atoms with Gasteiger partial charge in [0.1, 0.15) is 5.82 Å². The van der Waals surface area contributed by atoms with Gasteiger partial charge in [0.25, 0.3) is 5.91 Å². The molecule has 0 spiro atoms. The van der Waals surface area contributed by atoms with Crippen molar-refractivity contribution in [2.24, 2.45) is 0 Å². The van der Waals surface area contributed by atoms with E-state index in [2.05, 4.69) is 5.32 Å². The zero-order valence-electron chi connectivity index (χ0n) is 8.59. The number of aliphatic hydroxyl groups is 1. The van der Waals surface area contributed by atoms with Gasteiger partial charge in [-0.3, -0.25) is 4.79 Å². The number of carbonyl (C=O) groups is 1. The summed E-state index contributed by atoms with van der Waals surface area (Å²) in [6.07, 6.45) is 0.471. The second kappa shape index (κ2) is 5.46. The minimum Gasteiger partial charge on any atom is -0.396 e. The number of benzene rings is 1. The summed E-state index contributed by atoms with van der Waals surface area (Å²) >= 11 is 0. The van der Waals surface area contributed by atoms with Crippen LogP contribution in [0.3, 0.4) is 0 Å². The molecule has 0 fully saturated rings. The molecule has 0 atom stereocenters. The molecule has 1 aromatic carbocycles. The lowest BCUT2D eigenvalue weighted by Crippen LogP contribution is -2.26. The largest absolute Gasteiger partial charge is 0.396 e. The summed E-state index contributed by atoms with van der Waals surface area (Å²) < 4.78 is 13.3. The Morgan fingerprint density at radius 3 is 2.87 bits per heavy atom. The molecule has 1 rings (SSSR count). The van der Waals surface area contributed by atoms with E-state index in [1.165, 1.54) is 6.07 Å². The number of rotatable bonds is 4. The van der Waals surface area contributed by atoms with E-state index in [0.717, 1.165) is 0 Å². The number of aliphatic hydroxyl groups excluding tert-OH is 1. The first-order chi connectivity index (χ1) is 7.16. The Bertz CT molecular complexity index is 332. The number of hydrogen-bond donors (Lipinski definition) is 2. The SMILES string of the molecule is Cc1cccc(F)c1C(=O)NCCCO. The van der Waals surface area contributed by atoms with E-state index in [-0.39, 0.29) is 12.2 Å². The first-order valence-corrected chi connectivity index (χ1v) is 4.81. The topological polar surface area (TPSA) is 49.3 Å². The molecule has 0 unspecified atom stereocenters. The Morgan fingerprint density at radius 1 is 1.53 bits per heavy atom. The summed E-state index contributed by atoms with van der Waals surface area (Å²) in [5.41, 5.74) is 0.687. The first kappa shape index (κ1) is 11.7. The van der Waals surface area contributed by atoms with Gasteiger partial charge in [-0.2, -0.15) is 0 Å². The molecule has 0 heterocycles. The average molecular weight is 211 g/mol. The van der Waals surface area contributed by atoms with Crippen LogP contribution in [0.5, 0.6) is 0 Å². The summed E-state index contributed by atoms with van der Waals surface area (Å²) in [5, 5.41) is 11.1. The van der Waals surface area contributed by atoms with Gasteiger partial charge in [-0.15, -0.1) is 0 Å². The Hall–Kier alpha value is -1.42. The normalized spacial score (nSPS) is 10.1. The van der Waals surface area contributed by atoms with Crippen molar-refractivity contribution in [2.45, 2.75) is 13.3 Å². The molecule has 4 heteroatoms. The molecule has 0 aliphatic heterocycles. The van der Waals surface area contributed by atoms with Crippen molar-refractivity contribution in [2.75, 3.05) is 13.2 Å². The highest BCUT2D eigenvalue weighted by molar-refractivity contribution is 5.95. The number of amides is 1. The van der Waals surface area contributed by atoms with Crippen molar-refractivity contribution < 1.29 is 14.3 Å². The van der Waals surface area contributed by atoms with Crippen LogP contribution in [-0.4, -0.2) is 24.2 Å². The average Bonchev–Trinajstić information content (AvgIpc) is 2.18. The van der Waals surface area contributed by atoms with Gasteiger partial charge in [0.2, 0.25) is 0 Å². The van der Waals surface area contributed by atoms with Gasteiger partial charge in [0.15, 0.2) is 0 Å². The summed E-state index contributed by atoms with van der Waals surface area (Å²) in [6, 6.07) is 4.51. The number of aryl methyl sites for hydroxylation is 1. The van der Waals surface area contributed by atoms with E-state index in [9.17, 15) is 9.18 Å². The fraction of sp³-hybridized carbons (Fsp3) is 0.364. The van der Waals surface area contributed by atoms with Crippen molar-refractivity contribution in [1.29, 1.82) is 0 Å². The van der Waals surface area contributed by atoms with Gasteiger partial charge in [-0.1, -0.05) is 12.1 Å². The molecule has 0 aliphatic carbocycles. The van der Waals surface area contributed by atoms with Gasteiger partial charge in [-0.25, -0.2) is 4.39 Å². The van der Waals surface area contributed by atoms with E-state index in [1.807, 2.05) is 0 Å². The summed E-state index contributed by atoms with van der Waals surface area (Å²) in [7, 11) is 0. The summed E-state index contributed by atoms with van der Waals surface area (Å²) in [5.74, 6) is -0.949. The van der Waals surface area contributed by atoms with Crippen molar-refractivity contribution in [3.63, 3.8) is 0 Å². The zero-order chi connectivity index (χ0) is 11.3. The lowest BCUT2D eigenvalue weighted by molar-refractivity contribution is 0.0946. The highest BCUT2D eigenvalue weighted by atomic mass is 19.1. The predicted molar refractivity (Wildman–Crippen MR) is 55.2 cm³/mol. The fourth-order valence-corrected chi connectivity index (χ4v) is 1.29. The highest BCUT2D eigenvalue weighted by Crippen LogP contribution is 2.11. The maximum absolute atomic E-state index is 13.3. The van der Waals surface area contributed by atoms with Gasteiger partial charge >= 0.3 is 0 Å². The van der Waals surface area contributed by atoms with Crippen LogP contribution < -0.4 is 5.32 Å². The molecule has 2 N–H and O–H groups in total. The van der Waals surface area contributed by atoms with Gasteiger partial charge < -0.3 is 10.4 Å². The van der Waals surface area contributed by atoms with Gasteiger partial charge in [0, 0.05) is 13.2 Å². The molecule has 0 bridgehead atoms. The molecule has 0 radical (unpaired) electrons. The number of hydrogen-bond acceptors (Lipinski definition) is 2. The number of nitrogens with one attached hydrogen (secondary N) is 1. The van der Waals surface area contributed by atoms with E-state index < -0.39 is 11.7 Å². The monoisotopic (exact) mass is 211 g/mol. The van der Waals surface area contributed by atoms with Crippen molar-refractivity contribution in [1.82, 2.24) is 5.32 Å². The van der Waals surface area contributed by atoms with Crippen molar-refractivity contribution in [3.05, 3.63) is 35.1 Å². The molecule has 82 valence electrons. The third-order valence-electron chi connectivity index (χ3n) is 2.07. The summed E-state index contributed by atoms with van der Waals surface area (Å²) in [4.78, 5) is 11.5. The molecule has 0 saturated heterocycles. The van der Waals surface area contributed by atoms with Crippen LogP contribution in [0, 0.1) is 12.7 Å². The third kappa shape index (κ3) is 3.02. The van der Waals surface area contributed by atoms with E-state index in [4.69, 9.17) is 5.11 Å². The third-order valence-corrected chi connectivity index (χ3v) is 2.07. The summed E-state index contributed by atoms with van der Waals surface area (Å²) in [6.45, 7) is 2.05. The molecule has 0 aliphatic rings. The second-order valence-corrected chi connectivity index (χ2v) is 3.26. The smallest absolute Gasteiger partial charge is 0.254 e. The standard InChI is InChI=1S/C11H14FNO2/c1-8-4-2-5-9(12)10(8)11(15)13-6-3-7-14/h2,4-5,14H,3,6-7H2,1H3,(H,13,15). The van der Waals surface area contributed by atoms with Crippen LogP contribution in [0.4, 0.5) is 4.39 Å². The van der Waals surface area contributed by atoms with Gasteiger partial charge in [-0.05, 0) is 25.0 Å². The lowest BCUT2D eigenvalue weighted by atomic mass is 10.1. The molecule has 1 aromatic rings. The zero-order valence-corrected chi connectivity index (χ0v) is 8.59. The maximum atomic E-state index is 13.3. The minimum atomic E-state index is -0.517. The lowest BCUT2D eigenvalue weighted by Gasteiger charge is -2.07. The predicted octanol–water partition coefficient (Wildman–Crippen LogP) is 1.25. The van der Waals surface area contributed by atoms with Crippen LogP contribution in [0.1, 0.15) is 22.3 Å². The molecule has 15 heavy (non-hydrogen) atoms. The van der Waals surface area contributed by atoms with Crippen LogP contribution in [0.25, 0.3) is 0 Å². The second-order valence-electron chi connectivity index (χ2n) is 3.26. The van der Waals surface area contributed by atoms with E-state index in [1.54, 1.807) is 19.1 Å². The Morgan fingerprint density at radius 2 is 2.27 bits per heavy atom. The van der Waals surface area contributed by atoms with Crippen molar-refractivity contribution in [3.8, 4) is 0 Å². The molecule has 1 amide bonds.